The number of nitrogens with zero attached hydrogens (tertiary/aromatic N) is 2. The minimum absolute atomic E-state index is 0.0718. The Kier molecular flexibility index (Phi) is 8.90. The van der Waals surface area contributed by atoms with E-state index < -0.39 is 10.0 Å². The Balaban J connectivity index is 1.61. The SMILES string of the molecule is CN(CC(CCN1CCC(C(=O)NC(C)(C)C)CC1)c1ccccc1)S(=O)(=O)c1ccccc1. The van der Waals surface area contributed by atoms with E-state index in [1.54, 1.807) is 31.3 Å². The number of rotatable bonds is 9. The quantitative estimate of drug-likeness (QED) is 0.580. The zero-order chi connectivity index (χ0) is 24.8. The molecule has 1 N–H and O–H groups in total. The van der Waals surface area contributed by atoms with Crippen molar-refractivity contribution in [1.29, 1.82) is 0 Å². The minimum Gasteiger partial charge on any atom is -0.351 e. The van der Waals surface area contributed by atoms with Crippen molar-refractivity contribution in [2.24, 2.45) is 5.92 Å². The molecule has 1 saturated heterocycles. The van der Waals surface area contributed by atoms with E-state index in [2.05, 4.69) is 22.3 Å². The number of likely N-dealkylation sites (tertiary alicyclic amines) is 1. The van der Waals surface area contributed by atoms with Crippen LogP contribution in [0.25, 0.3) is 0 Å². The normalized spacial score (nSPS) is 17.0. The first-order valence-electron chi connectivity index (χ1n) is 12.2. The van der Waals surface area contributed by atoms with Gasteiger partial charge >= 0.3 is 0 Å². The molecule has 0 aliphatic carbocycles. The van der Waals surface area contributed by atoms with Gasteiger partial charge in [-0.15, -0.1) is 0 Å². The van der Waals surface area contributed by atoms with Crippen molar-refractivity contribution >= 4 is 15.9 Å². The molecule has 1 aliphatic heterocycles. The van der Waals surface area contributed by atoms with E-state index in [-0.39, 0.29) is 23.3 Å². The first-order chi connectivity index (χ1) is 16.1. The summed E-state index contributed by atoms with van der Waals surface area (Å²) in [6.45, 7) is 9.12. The molecule has 0 aromatic heterocycles. The van der Waals surface area contributed by atoms with Crippen LogP contribution in [0.2, 0.25) is 0 Å². The molecule has 0 radical (unpaired) electrons. The Hall–Kier alpha value is -2.22. The van der Waals surface area contributed by atoms with E-state index in [0.29, 0.717) is 11.4 Å². The van der Waals surface area contributed by atoms with Crippen LogP contribution in [0.5, 0.6) is 0 Å². The first-order valence-corrected chi connectivity index (χ1v) is 13.6. The number of hydrogen-bond acceptors (Lipinski definition) is 4. The smallest absolute Gasteiger partial charge is 0.242 e. The van der Waals surface area contributed by atoms with E-state index in [0.717, 1.165) is 44.5 Å². The third-order valence-corrected chi connectivity index (χ3v) is 8.29. The summed E-state index contributed by atoms with van der Waals surface area (Å²) in [7, 11) is -1.88. The van der Waals surface area contributed by atoms with Gasteiger partial charge in [-0.25, -0.2) is 12.7 Å². The average molecular weight is 486 g/mol. The number of nitrogens with one attached hydrogen (secondary N) is 1. The van der Waals surface area contributed by atoms with Gasteiger partial charge in [0.05, 0.1) is 4.90 Å². The topological polar surface area (TPSA) is 69.7 Å². The molecule has 186 valence electrons. The molecule has 1 atom stereocenters. The molecule has 1 unspecified atom stereocenters. The summed E-state index contributed by atoms with van der Waals surface area (Å²) in [5.74, 6) is 0.316. The van der Waals surface area contributed by atoms with E-state index in [1.165, 1.54) is 4.31 Å². The van der Waals surface area contributed by atoms with Crippen molar-refractivity contribution in [3.63, 3.8) is 0 Å². The Bertz CT molecular complexity index is 1010. The first kappa shape index (κ1) is 26.4. The molecule has 2 aromatic carbocycles. The van der Waals surface area contributed by atoms with Gasteiger partial charge < -0.3 is 10.2 Å². The average Bonchev–Trinajstić information content (AvgIpc) is 2.82. The van der Waals surface area contributed by atoms with Crippen molar-refractivity contribution in [3.8, 4) is 0 Å². The van der Waals surface area contributed by atoms with Gasteiger partial charge in [-0.3, -0.25) is 4.79 Å². The van der Waals surface area contributed by atoms with Gasteiger partial charge in [0, 0.05) is 25.0 Å². The highest BCUT2D eigenvalue weighted by Gasteiger charge is 2.29. The molecule has 6 nitrogen and oxygen atoms in total. The van der Waals surface area contributed by atoms with E-state index in [1.807, 2.05) is 45.0 Å². The second kappa shape index (κ2) is 11.5. The predicted octanol–water partition coefficient (Wildman–Crippen LogP) is 4.11. The number of hydrogen-bond donors (Lipinski definition) is 1. The highest BCUT2D eigenvalue weighted by molar-refractivity contribution is 7.89. The largest absolute Gasteiger partial charge is 0.351 e. The Morgan fingerprint density at radius 2 is 1.59 bits per heavy atom. The maximum absolute atomic E-state index is 13.1. The lowest BCUT2D eigenvalue weighted by molar-refractivity contribution is -0.127. The van der Waals surface area contributed by atoms with Crippen LogP contribution in [0.4, 0.5) is 0 Å². The third-order valence-electron chi connectivity index (χ3n) is 6.45. The number of sulfonamides is 1. The van der Waals surface area contributed by atoms with Gasteiger partial charge in [-0.1, -0.05) is 48.5 Å². The van der Waals surface area contributed by atoms with Crippen LogP contribution in [0, 0.1) is 5.92 Å². The zero-order valence-corrected chi connectivity index (χ0v) is 21.7. The molecular weight excluding hydrogens is 446 g/mol. The molecule has 1 heterocycles. The number of carbonyl (C=O) groups is 1. The predicted molar refractivity (Wildman–Crippen MR) is 137 cm³/mol. The molecule has 0 bridgehead atoms. The molecule has 2 aromatic rings. The molecule has 0 saturated carbocycles. The Labute approximate surface area is 205 Å². The maximum atomic E-state index is 13.1. The number of likely N-dealkylation sites (N-methyl/N-ethyl adjacent to an activating group) is 1. The van der Waals surface area contributed by atoms with Crippen molar-refractivity contribution in [2.45, 2.75) is 56.4 Å². The molecule has 0 spiro atoms. The second-order valence-electron chi connectivity index (χ2n) is 10.4. The molecule has 3 rings (SSSR count). The van der Waals surface area contributed by atoms with Gasteiger partial charge in [0.2, 0.25) is 15.9 Å². The number of carbonyl (C=O) groups excluding carboxylic acids is 1. The fourth-order valence-electron chi connectivity index (χ4n) is 4.50. The number of benzene rings is 2. The molecule has 1 amide bonds. The van der Waals surface area contributed by atoms with Crippen molar-refractivity contribution < 1.29 is 13.2 Å². The standard InChI is InChI=1S/C27H39N3O3S/c1-27(2,3)28-26(31)23-15-18-30(19-16-23)20-17-24(22-11-7-5-8-12-22)21-29(4)34(32,33)25-13-9-6-10-14-25/h5-14,23-24H,15-21H2,1-4H3,(H,28,31). The van der Waals surface area contributed by atoms with Crippen LogP contribution in [0.1, 0.15) is 51.5 Å². The Morgan fingerprint density at radius 3 is 2.15 bits per heavy atom. The summed E-state index contributed by atoms with van der Waals surface area (Å²) in [6.07, 6.45) is 2.58. The number of amides is 1. The summed E-state index contributed by atoms with van der Waals surface area (Å²) in [6, 6.07) is 18.8. The molecular formula is C27H39N3O3S. The van der Waals surface area contributed by atoms with E-state index in [4.69, 9.17) is 0 Å². The van der Waals surface area contributed by atoms with Crippen molar-refractivity contribution in [3.05, 3.63) is 66.2 Å². The summed E-state index contributed by atoms with van der Waals surface area (Å²) in [4.78, 5) is 15.2. The van der Waals surface area contributed by atoms with Crippen LogP contribution in [-0.2, 0) is 14.8 Å². The number of piperidine rings is 1. The fraction of sp³-hybridized carbons (Fsp3) is 0.519. The summed E-state index contributed by atoms with van der Waals surface area (Å²) >= 11 is 0. The van der Waals surface area contributed by atoms with E-state index in [9.17, 15) is 13.2 Å². The van der Waals surface area contributed by atoms with Crippen LogP contribution < -0.4 is 5.32 Å². The van der Waals surface area contributed by atoms with Gasteiger partial charge in [0.1, 0.15) is 0 Å². The van der Waals surface area contributed by atoms with Crippen molar-refractivity contribution in [2.75, 3.05) is 33.2 Å². The minimum atomic E-state index is -3.54. The summed E-state index contributed by atoms with van der Waals surface area (Å²) in [5, 5.41) is 3.10. The highest BCUT2D eigenvalue weighted by Crippen LogP contribution is 2.26. The Morgan fingerprint density at radius 1 is 1.03 bits per heavy atom. The third kappa shape index (κ3) is 7.39. The lowest BCUT2D eigenvalue weighted by Gasteiger charge is -2.34. The lowest BCUT2D eigenvalue weighted by atomic mass is 9.92. The summed E-state index contributed by atoms with van der Waals surface area (Å²) in [5.41, 5.74) is 0.945. The fourth-order valence-corrected chi connectivity index (χ4v) is 5.74. The molecule has 1 aliphatic rings. The lowest BCUT2D eigenvalue weighted by Crippen LogP contribution is -2.47. The summed E-state index contributed by atoms with van der Waals surface area (Å²) < 4.78 is 27.6. The van der Waals surface area contributed by atoms with Crippen LogP contribution in [0.15, 0.2) is 65.6 Å². The molecule has 7 heteroatoms. The van der Waals surface area contributed by atoms with Crippen molar-refractivity contribution in [1.82, 2.24) is 14.5 Å². The monoisotopic (exact) mass is 485 g/mol. The van der Waals surface area contributed by atoms with Crippen LogP contribution in [0.3, 0.4) is 0 Å². The zero-order valence-electron chi connectivity index (χ0n) is 20.9. The molecule has 1 fully saturated rings. The van der Waals surface area contributed by atoms with E-state index >= 15 is 0 Å². The maximum Gasteiger partial charge on any atom is 0.242 e. The van der Waals surface area contributed by atoms with Crippen LogP contribution >= 0.6 is 0 Å². The molecule has 34 heavy (non-hydrogen) atoms. The second-order valence-corrected chi connectivity index (χ2v) is 12.4. The van der Waals surface area contributed by atoms with Gasteiger partial charge in [-0.2, -0.15) is 0 Å². The van der Waals surface area contributed by atoms with Gasteiger partial charge in [-0.05, 0) is 83.3 Å². The van der Waals surface area contributed by atoms with Gasteiger partial charge in [0.15, 0.2) is 0 Å². The van der Waals surface area contributed by atoms with Gasteiger partial charge in [0.25, 0.3) is 0 Å². The van der Waals surface area contributed by atoms with Crippen LogP contribution in [-0.4, -0.2) is 62.3 Å². The highest BCUT2D eigenvalue weighted by atomic mass is 32.2.